The van der Waals surface area contributed by atoms with Crippen molar-refractivity contribution in [1.82, 2.24) is 15.1 Å². The summed E-state index contributed by atoms with van der Waals surface area (Å²) in [5.74, 6) is 0.290. The molecule has 0 atom stereocenters. The molecule has 16 heavy (non-hydrogen) atoms. The summed E-state index contributed by atoms with van der Waals surface area (Å²) in [6, 6.07) is 3.62. The average Bonchev–Trinajstić information content (AvgIpc) is 2.30. The molecule has 0 radical (unpaired) electrons. The molecule has 0 unspecified atom stereocenters. The molecule has 88 valence electrons. The summed E-state index contributed by atoms with van der Waals surface area (Å²) in [5, 5.41) is 8.03. The summed E-state index contributed by atoms with van der Waals surface area (Å²) in [7, 11) is 0. The van der Waals surface area contributed by atoms with Crippen LogP contribution in [0, 0.1) is 0 Å². The van der Waals surface area contributed by atoms with Gasteiger partial charge in [-0.15, -0.1) is 5.10 Å². The van der Waals surface area contributed by atoms with Crippen molar-refractivity contribution < 1.29 is 4.79 Å². The molecule has 0 aliphatic heterocycles. The topological polar surface area (TPSA) is 46.1 Å². The summed E-state index contributed by atoms with van der Waals surface area (Å²) in [6.07, 6.45) is 0. The molecule has 0 fully saturated rings. The molecule has 1 heterocycles. The van der Waals surface area contributed by atoms with Gasteiger partial charge in [0, 0.05) is 13.1 Å². The Morgan fingerprint density at radius 3 is 2.25 bits per heavy atom. The van der Waals surface area contributed by atoms with Crippen LogP contribution in [0.4, 0.5) is 0 Å². The molecule has 0 aliphatic rings. The first-order valence-corrected chi connectivity index (χ1v) is 5.73. The summed E-state index contributed by atoms with van der Waals surface area (Å²) in [5.41, 5.74) is 1.34. The van der Waals surface area contributed by atoms with Crippen LogP contribution in [-0.2, 0) is 0 Å². The molecule has 1 amide bonds. The van der Waals surface area contributed by atoms with Crippen LogP contribution in [0.25, 0.3) is 0 Å². The summed E-state index contributed by atoms with van der Waals surface area (Å²) in [4.78, 5) is 13.6. The standard InChI is InChI=1S/C12H19N3O/c1-5-15(6-2)12(16)11-8-7-10(9(3)4)13-14-11/h7-9H,5-6H2,1-4H3. The molecular formula is C12H19N3O. The zero-order valence-electron chi connectivity index (χ0n) is 10.4. The van der Waals surface area contributed by atoms with Crippen molar-refractivity contribution in [3.63, 3.8) is 0 Å². The molecule has 0 N–H and O–H groups in total. The lowest BCUT2D eigenvalue weighted by molar-refractivity contribution is 0.0766. The molecule has 0 saturated heterocycles. The van der Waals surface area contributed by atoms with Gasteiger partial charge in [-0.1, -0.05) is 13.8 Å². The van der Waals surface area contributed by atoms with E-state index in [1.165, 1.54) is 0 Å². The largest absolute Gasteiger partial charge is 0.338 e. The molecule has 4 nitrogen and oxygen atoms in total. The van der Waals surface area contributed by atoms with E-state index in [9.17, 15) is 4.79 Å². The third-order valence-corrected chi connectivity index (χ3v) is 2.55. The van der Waals surface area contributed by atoms with Crippen molar-refractivity contribution in [2.45, 2.75) is 33.6 Å². The molecule has 1 aromatic heterocycles. The Bertz CT molecular complexity index is 342. The maximum atomic E-state index is 11.9. The third kappa shape index (κ3) is 2.78. The van der Waals surface area contributed by atoms with Gasteiger partial charge in [-0.2, -0.15) is 5.10 Å². The first-order valence-electron chi connectivity index (χ1n) is 5.73. The van der Waals surface area contributed by atoms with Crippen molar-refractivity contribution in [1.29, 1.82) is 0 Å². The molecule has 4 heteroatoms. The van der Waals surface area contributed by atoms with E-state index in [1.54, 1.807) is 11.0 Å². The van der Waals surface area contributed by atoms with Crippen molar-refractivity contribution in [2.24, 2.45) is 0 Å². The Hall–Kier alpha value is -1.45. The van der Waals surface area contributed by atoms with Gasteiger partial charge in [0.05, 0.1) is 5.69 Å². The second kappa shape index (κ2) is 5.58. The molecule has 1 aromatic rings. The number of carbonyl (C=O) groups excluding carboxylic acids is 1. The number of aromatic nitrogens is 2. The first kappa shape index (κ1) is 12.6. The smallest absolute Gasteiger partial charge is 0.274 e. The van der Waals surface area contributed by atoms with Gasteiger partial charge in [-0.25, -0.2) is 0 Å². The molecule has 0 aromatic carbocycles. The van der Waals surface area contributed by atoms with Gasteiger partial charge in [0.15, 0.2) is 5.69 Å². The lowest BCUT2D eigenvalue weighted by Gasteiger charge is -2.17. The van der Waals surface area contributed by atoms with Crippen molar-refractivity contribution in [3.05, 3.63) is 23.5 Å². The minimum absolute atomic E-state index is 0.0483. The van der Waals surface area contributed by atoms with E-state index in [4.69, 9.17) is 0 Å². The van der Waals surface area contributed by atoms with Crippen LogP contribution in [0.2, 0.25) is 0 Å². The quantitative estimate of drug-likeness (QED) is 0.782. The average molecular weight is 221 g/mol. The van der Waals surface area contributed by atoms with Gasteiger partial charge in [0.2, 0.25) is 0 Å². The van der Waals surface area contributed by atoms with E-state index in [0.29, 0.717) is 24.7 Å². The van der Waals surface area contributed by atoms with Crippen LogP contribution < -0.4 is 0 Å². The summed E-state index contributed by atoms with van der Waals surface area (Å²) >= 11 is 0. The van der Waals surface area contributed by atoms with Gasteiger partial charge < -0.3 is 4.90 Å². The lowest BCUT2D eigenvalue weighted by Crippen LogP contribution is -2.31. The fourth-order valence-corrected chi connectivity index (χ4v) is 1.44. The van der Waals surface area contributed by atoms with Crippen LogP contribution >= 0.6 is 0 Å². The highest BCUT2D eigenvalue weighted by molar-refractivity contribution is 5.92. The molecule has 0 bridgehead atoms. The van der Waals surface area contributed by atoms with E-state index < -0.39 is 0 Å². The second-order valence-electron chi connectivity index (χ2n) is 3.98. The van der Waals surface area contributed by atoms with Crippen molar-refractivity contribution in [3.8, 4) is 0 Å². The summed E-state index contributed by atoms with van der Waals surface area (Å²) < 4.78 is 0. The molecule has 0 spiro atoms. The number of carbonyl (C=O) groups is 1. The number of hydrogen-bond donors (Lipinski definition) is 0. The highest BCUT2D eigenvalue weighted by Gasteiger charge is 2.14. The molecule has 1 rings (SSSR count). The Balaban J connectivity index is 2.85. The molecule has 0 aliphatic carbocycles. The van der Waals surface area contributed by atoms with Crippen LogP contribution in [0.3, 0.4) is 0 Å². The van der Waals surface area contributed by atoms with Crippen molar-refractivity contribution >= 4 is 5.91 Å². The Labute approximate surface area is 96.7 Å². The van der Waals surface area contributed by atoms with E-state index in [0.717, 1.165) is 5.69 Å². The number of nitrogens with zero attached hydrogens (tertiary/aromatic N) is 3. The van der Waals surface area contributed by atoms with Gasteiger partial charge >= 0.3 is 0 Å². The number of hydrogen-bond acceptors (Lipinski definition) is 3. The Kier molecular flexibility index (Phi) is 4.40. The van der Waals surface area contributed by atoms with Crippen LogP contribution in [0.1, 0.15) is 49.8 Å². The molecule has 0 saturated carbocycles. The highest BCUT2D eigenvalue weighted by atomic mass is 16.2. The fourth-order valence-electron chi connectivity index (χ4n) is 1.44. The van der Waals surface area contributed by atoms with Gasteiger partial charge in [0.25, 0.3) is 5.91 Å². The SMILES string of the molecule is CCN(CC)C(=O)c1ccc(C(C)C)nn1. The summed E-state index contributed by atoms with van der Waals surface area (Å²) in [6.45, 7) is 9.41. The van der Waals surface area contributed by atoms with Crippen LogP contribution in [0.15, 0.2) is 12.1 Å². The minimum Gasteiger partial charge on any atom is -0.338 e. The van der Waals surface area contributed by atoms with Gasteiger partial charge in [-0.3, -0.25) is 4.79 Å². The van der Waals surface area contributed by atoms with E-state index in [2.05, 4.69) is 24.0 Å². The van der Waals surface area contributed by atoms with Gasteiger partial charge in [-0.05, 0) is 31.9 Å². The Morgan fingerprint density at radius 1 is 1.25 bits per heavy atom. The van der Waals surface area contributed by atoms with Crippen LogP contribution in [0.5, 0.6) is 0 Å². The third-order valence-electron chi connectivity index (χ3n) is 2.55. The zero-order chi connectivity index (χ0) is 12.1. The minimum atomic E-state index is -0.0483. The number of amides is 1. The number of rotatable bonds is 4. The maximum absolute atomic E-state index is 11.9. The van der Waals surface area contributed by atoms with E-state index >= 15 is 0 Å². The second-order valence-corrected chi connectivity index (χ2v) is 3.98. The monoisotopic (exact) mass is 221 g/mol. The lowest BCUT2D eigenvalue weighted by atomic mass is 10.1. The predicted octanol–water partition coefficient (Wildman–Crippen LogP) is 2.08. The van der Waals surface area contributed by atoms with E-state index in [1.807, 2.05) is 19.9 Å². The first-order chi connectivity index (χ1) is 7.60. The van der Waals surface area contributed by atoms with Crippen molar-refractivity contribution in [2.75, 3.05) is 13.1 Å². The maximum Gasteiger partial charge on any atom is 0.274 e. The molecular weight excluding hydrogens is 202 g/mol. The van der Waals surface area contributed by atoms with E-state index in [-0.39, 0.29) is 5.91 Å². The van der Waals surface area contributed by atoms with Crippen LogP contribution in [-0.4, -0.2) is 34.1 Å². The highest BCUT2D eigenvalue weighted by Crippen LogP contribution is 2.10. The van der Waals surface area contributed by atoms with Gasteiger partial charge in [0.1, 0.15) is 0 Å². The Morgan fingerprint density at radius 2 is 1.88 bits per heavy atom. The zero-order valence-corrected chi connectivity index (χ0v) is 10.4. The normalized spacial score (nSPS) is 10.6. The fraction of sp³-hybridized carbons (Fsp3) is 0.583. The predicted molar refractivity (Wildman–Crippen MR) is 63.4 cm³/mol.